The Labute approximate surface area is 170 Å². The molecule has 2 heterocycles. The van der Waals surface area contributed by atoms with Gasteiger partial charge in [-0.1, -0.05) is 48.2 Å². The molecule has 0 radical (unpaired) electrons. The zero-order valence-electron chi connectivity index (χ0n) is 14.9. The van der Waals surface area contributed by atoms with E-state index >= 15 is 0 Å². The van der Waals surface area contributed by atoms with Crippen LogP contribution in [0.2, 0.25) is 0 Å². The summed E-state index contributed by atoms with van der Waals surface area (Å²) in [7, 11) is 0. The second-order valence-electron chi connectivity index (χ2n) is 6.94. The lowest BCUT2D eigenvalue weighted by atomic mass is 10.0. The molecule has 0 bridgehead atoms. The van der Waals surface area contributed by atoms with Crippen LogP contribution in [0, 0.1) is 11.8 Å². The van der Waals surface area contributed by atoms with Gasteiger partial charge in [-0.05, 0) is 69.4 Å². The van der Waals surface area contributed by atoms with E-state index in [1.807, 2.05) is 17.4 Å². The third-order valence-electron chi connectivity index (χ3n) is 5.15. The van der Waals surface area contributed by atoms with Gasteiger partial charge >= 0.3 is 0 Å². The van der Waals surface area contributed by atoms with Crippen LogP contribution in [0.5, 0.6) is 0 Å². The highest BCUT2D eigenvalue weighted by Crippen LogP contribution is 2.38. The molecule has 0 aliphatic carbocycles. The van der Waals surface area contributed by atoms with Crippen LogP contribution < -0.4 is 0 Å². The van der Waals surface area contributed by atoms with E-state index in [-0.39, 0.29) is 0 Å². The first-order valence-electron chi connectivity index (χ1n) is 9.18. The van der Waals surface area contributed by atoms with Crippen molar-refractivity contribution in [2.75, 3.05) is 0 Å². The first kappa shape index (κ1) is 15.9. The molecule has 0 atom stereocenters. The van der Waals surface area contributed by atoms with E-state index < -0.39 is 0 Å². The van der Waals surface area contributed by atoms with Crippen LogP contribution in [0.3, 0.4) is 0 Å². The van der Waals surface area contributed by atoms with E-state index in [1.54, 1.807) is 11.3 Å². The van der Waals surface area contributed by atoms with E-state index in [1.165, 1.54) is 41.7 Å². The standard InChI is InChI=1S/C26H14S2/c1-2-5-19-15-25-23(13-18(19)4-1)24-14-21-12-17(8-10-22-6-3-11-27-22)7-9-20(21)16-26(24)28-25/h1-7,9,11-16H. The number of rotatable bonds is 0. The third-order valence-corrected chi connectivity index (χ3v) is 7.05. The van der Waals surface area contributed by atoms with Crippen LogP contribution in [0.1, 0.15) is 10.4 Å². The molecule has 6 rings (SSSR count). The Morgan fingerprint density at radius 3 is 2.04 bits per heavy atom. The summed E-state index contributed by atoms with van der Waals surface area (Å²) in [5.41, 5.74) is 1.06. The number of hydrogen-bond donors (Lipinski definition) is 0. The van der Waals surface area contributed by atoms with Crippen molar-refractivity contribution in [3.63, 3.8) is 0 Å². The second kappa shape index (κ2) is 6.21. The first-order valence-corrected chi connectivity index (χ1v) is 10.9. The minimum atomic E-state index is 1.06. The smallest absolute Gasteiger partial charge is 0.0772 e. The molecule has 0 amide bonds. The van der Waals surface area contributed by atoms with E-state index in [2.05, 4.69) is 90.0 Å². The summed E-state index contributed by atoms with van der Waals surface area (Å²) in [6, 6.07) is 28.5. The molecule has 0 spiro atoms. The molecule has 0 unspecified atom stereocenters. The maximum absolute atomic E-state index is 3.31. The predicted molar refractivity (Wildman–Crippen MR) is 125 cm³/mol. The molecule has 0 saturated carbocycles. The average Bonchev–Trinajstić information content (AvgIpc) is 3.36. The lowest BCUT2D eigenvalue weighted by Crippen LogP contribution is -1.78. The molecule has 0 aliphatic rings. The summed E-state index contributed by atoms with van der Waals surface area (Å²) in [5, 5.41) is 9.86. The van der Waals surface area contributed by atoms with Crippen LogP contribution in [-0.4, -0.2) is 0 Å². The van der Waals surface area contributed by atoms with Crippen LogP contribution >= 0.6 is 22.7 Å². The highest BCUT2D eigenvalue weighted by atomic mass is 32.1. The molecule has 0 aliphatic heterocycles. The van der Waals surface area contributed by atoms with Crippen LogP contribution in [-0.2, 0) is 0 Å². The molecular weight excluding hydrogens is 376 g/mol. The molecule has 6 aromatic rings. The van der Waals surface area contributed by atoms with Crippen molar-refractivity contribution >= 4 is 64.4 Å². The Morgan fingerprint density at radius 1 is 0.571 bits per heavy atom. The molecule has 130 valence electrons. The lowest BCUT2D eigenvalue weighted by Gasteiger charge is -2.01. The zero-order chi connectivity index (χ0) is 18.5. The summed E-state index contributed by atoms with van der Waals surface area (Å²) in [5.74, 6) is 6.56. The molecule has 0 N–H and O–H groups in total. The molecular formula is C26H14S2. The Hall–Kier alpha value is -3.12. The van der Waals surface area contributed by atoms with Crippen molar-refractivity contribution in [3.05, 3.63) is 94.7 Å². The summed E-state index contributed by atoms with van der Waals surface area (Å²) in [6.45, 7) is 0. The minimum Gasteiger partial charge on any atom is -0.135 e. The van der Waals surface area contributed by atoms with Gasteiger partial charge in [-0.25, -0.2) is 0 Å². The monoisotopic (exact) mass is 390 g/mol. The van der Waals surface area contributed by atoms with Crippen LogP contribution in [0.4, 0.5) is 0 Å². The van der Waals surface area contributed by atoms with Gasteiger partial charge in [-0.15, -0.1) is 22.7 Å². The molecule has 4 aromatic carbocycles. The van der Waals surface area contributed by atoms with Gasteiger partial charge in [-0.3, -0.25) is 0 Å². The molecule has 0 saturated heterocycles. The summed E-state index contributed by atoms with van der Waals surface area (Å²) in [4.78, 5) is 1.10. The molecule has 2 heteroatoms. The Kier molecular flexibility index (Phi) is 3.52. The first-order chi connectivity index (χ1) is 13.8. The number of fused-ring (bicyclic) bond motifs is 5. The van der Waals surface area contributed by atoms with Crippen molar-refractivity contribution in [2.45, 2.75) is 0 Å². The van der Waals surface area contributed by atoms with Crippen molar-refractivity contribution in [2.24, 2.45) is 0 Å². The van der Waals surface area contributed by atoms with Gasteiger partial charge in [0.1, 0.15) is 0 Å². The number of thiophene rings is 2. The molecule has 28 heavy (non-hydrogen) atoms. The second-order valence-corrected chi connectivity index (χ2v) is 8.97. The molecule has 0 nitrogen and oxygen atoms in total. The minimum absolute atomic E-state index is 1.06. The fraction of sp³-hybridized carbons (Fsp3) is 0. The Morgan fingerprint density at radius 2 is 1.29 bits per heavy atom. The summed E-state index contributed by atoms with van der Waals surface area (Å²) < 4.78 is 2.69. The average molecular weight is 391 g/mol. The van der Waals surface area contributed by atoms with Crippen molar-refractivity contribution in [3.8, 4) is 11.8 Å². The highest BCUT2D eigenvalue weighted by molar-refractivity contribution is 7.26. The van der Waals surface area contributed by atoms with Gasteiger partial charge in [0.15, 0.2) is 0 Å². The normalized spacial score (nSPS) is 11.3. The zero-order valence-corrected chi connectivity index (χ0v) is 16.5. The van der Waals surface area contributed by atoms with Crippen molar-refractivity contribution < 1.29 is 0 Å². The van der Waals surface area contributed by atoms with Gasteiger partial charge in [0.25, 0.3) is 0 Å². The fourth-order valence-corrected chi connectivity index (χ4v) is 5.50. The van der Waals surface area contributed by atoms with Gasteiger partial charge in [0.2, 0.25) is 0 Å². The van der Waals surface area contributed by atoms with Crippen molar-refractivity contribution in [1.29, 1.82) is 0 Å². The van der Waals surface area contributed by atoms with Crippen molar-refractivity contribution in [1.82, 2.24) is 0 Å². The third kappa shape index (κ3) is 2.60. The maximum atomic E-state index is 3.31. The lowest BCUT2D eigenvalue weighted by molar-refractivity contribution is 1.72. The summed E-state index contributed by atoms with van der Waals surface area (Å²) >= 11 is 3.56. The number of hydrogen-bond acceptors (Lipinski definition) is 2. The SMILES string of the molecule is C(#Cc1cccs1)c1ccc2cc3sc4cc5ccccc5cc4c3cc2c1. The van der Waals surface area contributed by atoms with Gasteiger partial charge in [0, 0.05) is 25.7 Å². The fourth-order valence-electron chi connectivity index (χ4n) is 3.77. The van der Waals surface area contributed by atoms with E-state index in [0.717, 1.165) is 10.4 Å². The van der Waals surface area contributed by atoms with Crippen LogP contribution in [0.15, 0.2) is 84.2 Å². The predicted octanol–water partition coefficient (Wildman–Crippen LogP) is 7.82. The quantitative estimate of drug-likeness (QED) is 0.232. The van der Waals surface area contributed by atoms with Gasteiger partial charge in [0.05, 0.1) is 4.88 Å². The largest absolute Gasteiger partial charge is 0.135 e. The van der Waals surface area contributed by atoms with E-state index in [4.69, 9.17) is 0 Å². The maximum Gasteiger partial charge on any atom is 0.0772 e. The van der Waals surface area contributed by atoms with E-state index in [0.29, 0.717) is 0 Å². The van der Waals surface area contributed by atoms with E-state index in [9.17, 15) is 0 Å². The molecule has 2 aromatic heterocycles. The van der Waals surface area contributed by atoms with Crippen LogP contribution in [0.25, 0.3) is 41.7 Å². The number of benzene rings is 4. The van der Waals surface area contributed by atoms with Gasteiger partial charge in [-0.2, -0.15) is 0 Å². The van der Waals surface area contributed by atoms with Gasteiger partial charge < -0.3 is 0 Å². The summed E-state index contributed by atoms with van der Waals surface area (Å²) in [6.07, 6.45) is 0. The topological polar surface area (TPSA) is 0 Å². The molecule has 0 fully saturated rings. The Balaban J connectivity index is 1.57. The Bertz CT molecular complexity index is 1550. The highest BCUT2D eigenvalue weighted by Gasteiger charge is 2.08.